The molecule has 0 radical (unpaired) electrons. The first kappa shape index (κ1) is 12.5. The number of carbonyl (C=O) groups excluding carboxylic acids is 1. The Morgan fingerprint density at radius 3 is 2.41 bits per heavy atom. The fourth-order valence-corrected chi connectivity index (χ4v) is 2.44. The minimum atomic E-state index is -0.150. The van der Waals surface area contributed by atoms with Gasteiger partial charge in [-0.1, -0.05) is 32.1 Å². The number of furan rings is 1. The predicted molar refractivity (Wildman–Crippen MR) is 67.3 cm³/mol. The number of nitrogens with one attached hydrogen (secondary N) is 1. The molecule has 0 spiro atoms. The molecule has 1 aliphatic rings. The number of hydrogen-bond donors (Lipinski definition) is 1. The van der Waals surface area contributed by atoms with Crippen LogP contribution < -0.4 is 5.32 Å². The molecule has 1 saturated carbocycles. The monoisotopic (exact) mass is 255 g/mol. The molecule has 0 saturated heterocycles. The van der Waals surface area contributed by atoms with E-state index in [-0.39, 0.29) is 17.2 Å². The van der Waals surface area contributed by atoms with Gasteiger partial charge in [-0.3, -0.25) is 4.79 Å². The first-order valence-electron chi connectivity index (χ1n) is 6.32. The standard InChI is InChI=1S/C13H18ClNO2/c14-12-9-8-11(17-12)13(16)15-10-6-4-2-1-3-5-7-10/h8-10H,1-7H2,(H,15,16). The molecule has 2 rings (SSSR count). The van der Waals surface area contributed by atoms with Crippen LogP contribution in [0.2, 0.25) is 5.22 Å². The quantitative estimate of drug-likeness (QED) is 0.874. The van der Waals surface area contributed by atoms with Crippen LogP contribution in [0.15, 0.2) is 16.5 Å². The summed E-state index contributed by atoms with van der Waals surface area (Å²) in [5.41, 5.74) is 0. The zero-order chi connectivity index (χ0) is 12.1. The van der Waals surface area contributed by atoms with Crippen molar-refractivity contribution in [2.24, 2.45) is 0 Å². The summed E-state index contributed by atoms with van der Waals surface area (Å²) in [7, 11) is 0. The first-order chi connectivity index (χ1) is 8.25. The van der Waals surface area contributed by atoms with E-state index < -0.39 is 0 Å². The highest BCUT2D eigenvalue weighted by Crippen LogP contribution is 2.18. The maximum Gasteiger partial charge on any atom is 0.287 e. The van der Waals surface area contributed by atoms with Crippen LogP contribution in [0.3, 0.4) is 0 Å². The lowest BCUT2D eigenvalue weighted by Gasteiger charge is -2.20. The van der Waals surface area contributed by atoms with E-state index in [1.807, 2.05) is 0 Å². The third-order valence-electron chi connectivity index (χ3n) is 3.24. The van der Waals surface area contributed by atoms with E-state index in [0.717, 1.165) is 12.8 Å². The topological polar surface area (TPSA) is 42.2 Å². The zero-order valence-corrected chi connectivity index (χ0v) is 10.6. The largest absolute Gasteiger partial charge is 0.440 e. The van der Waals surface area contributed by atoms with Crippen LogP contribution in [0.4, 0.5) is 0 Å². The molecule has 1 fully saturated rings. The smallest absolute Gasteiger partial charge is 0.287 e. The van der Waals surface area contributed by atoms with Gasteiger partial charge in [0, 0.05) is 6.04 Å². The van der Waals surface area contributed by atoms with Crippen LogP contribution in [-0.4, -0.2) is 11.9 Å². The molecular formula is C13H18ClNO2. The Kier molecular flexibility index (Phi) is 4.49. The number of carbonyl (C=O) groups is 1. The van der Waals surface area contributed by atoms with Gasteiger partial charge in [0.25, 0.3) is 5.91 Å². The average Bonchev–Trinajstić information content (AvgIpc) is 2.68. The van der Waals surface area contributed by atoms with Gasteiger partial charge >= 0.3 is 0 Å². The summed E-state index contributed by atoms with van der Waals surface area (Å²) < 4.78 is 5.10. The van der Waals surface area contributed by atoms with Crippen molar-refractivity contribution in [1.29, 1.82) is 0 Å². The molecule has 4 heteroatoms. The second kappa shape index (κ2) is 6.10. The summed E-state index contributed by atoms with van der Waals surface area (Å²) in [6.45, 7) is 0. The third kappa shape index (κ3) is 3.77. The number of hydrogen-bond acceptors (Lipinski definition) is 2. The second-order valence-corrected chi connectivity index (χ2v) is 4.99. The molecule has 1 N–H and O–H groups in total. The van der Waals surface area contributed by atoms with Crippen LogP contribution in [0.5, 0.6) is 0 Å². The van der Waals surface area contributed by atoms with Crippen molar-refractivity contribution in [1.82, 2.24) is 5.32 Å². The molecule has 3 nitrogen and oxygen atoms in total. The van der Waals surface area contributed by atoms with Crippen molar-refractivity contribution in [3.8, 4) is 0 Å². The molecule has 0 aliphatic heterocycles. The minimum absolute atomic E-state index is 0.150. The fourth-order valence-electron chi connectivity index (χ4n) is 2.29. The molecule has 0 bridgehead atoms. The Labute approximate surface area is 107 Å². The molecule has 0 unspecified atom stereocenters. The van der Waals surface area contributed by atoms with Crippen LogP contribution in [0.25, 0.3) is 0 Å². The summed E-state index contributed by atoms with van der Waals surface area (Å²) in [4.78, 5) is 11.9. The summed E-state index contributed by atoms with van der Waals surface area (Å²) >= 11 is 5.65. The molecular weight excluding hydrogens is 238 g/mol. The number of rotatable bonds is 2. The lowest BCUT2D eigenvalue weighted by molar-refractivity contribution is 0.0902. The Hall–Kier alpha value is -0.960. The normalized spacial score (nSPS) is 18.4. The van der Waals surface area contributed by atoms with Gasteiger partial charge in [0.05, 0.1) is 0 Å². The SMILES string of the molecule is O=C(NC1CCCCCCC1)c1ccc(Cl)o1. The molecule has 94 valence electrons. The summed E-state index contributed by atoms with van der Waals surface area (Å²) in [6, 6.07) is 3.49. The van der Waals surface area contributed by atoms with E-state index >= 15 is 0 Å². The lowest BCUT2D eigenvalue weighted by atomic mass is 9.97. The van der Waals surface area contributed by atoms with Crippen molar-refractivity contribution >= 4 is 17.5 Å². The second-order valence-electron chi connectivity index (χ2n) is 4.62. The molecule has 17 heavy (non-hydrogen) atoms. The van der Waals surface area contributed by atoms with E-state index in [1.165, 1.54) is 32.1 Å². The zero-order valence-electron chi connectivity index (χ0n) is 9.88. The van der Waals surface area contributed by atoms with E-state index in [1.54, 1.807) is 12.1 Å². The lowest BCUT2D eigenvalue weighted by Crippen LogP contribution is -2.35. The van der Waals surface area contributed by atoms with Gasteiger partial charge in [-0.25, -0.2) is 0 Å². The van der Waals surface area contributed by atoms with Gasteiger partial charge in [0.1, 0.15) is 0 Å². The van der Waals surface area contributed by atoms with Crippen molar-refractivity contribution in [3.05, 3.63) is 23.1 Å². The molecule has 1 aliphatic carbocycles. The van der Waals surface area contributed by atoms with E-state index in [9.17, 15) is 4.79 Å². The minimum Gasteiger partial charge on any atom is -0.440 e. The van der Waals surface area contributed by atoms with Crippen molar-refractivity contribution in [3.63, 3.8) is 0 Å². The van der Waals surface area contributed by atoms with Gasteiger partial charge in [-0.15, -0.1) is 0 Å². The first-order valence-corrected chi connectivity index (χ1v) is 6.70. The Morgan fingerprint density at radius 1 is 1.18 bits per heavy atom. The summed E-state index contributed by atoms with van der Waals surface area (Å²) in [5.74, 6) is 0.152. The number of halogens is 1. The van der Waals surface area contributed by atoms with E-state index in [4.69, 9.17) is 16.0 Å². The highest BCUT2D eigenvalue weighted by atomic mass is 35.5. The molecule has 1 aromatic heterocycles. The van der Waals surface area contributed by atoms with Crippen LogP contribution in [-0.2, 0) is 0 Å². The predicted octanol–water partition coefficient (Wildman–Crippen LogP) is 3.78. The number of amides is 1. The Bertz CT molecular complexity index is 367. The average molecular weight is 256 g/mol. The van der Waals surface area contributed by atoms with Gasteiger partial charge < -0.3 is 9.73 Å². The Morgan fingerprint density at radius 2 is 1.82 bits per heavy atom. The van der Waals surface area contributed by atoms with E-state index in [2.05, 4.69) is 5.32 Å². The Balaban J connectivity index is 1.88. The maximum absolute atomic E-state index is 11.9. The van der Waals surface area contributed by atoms with Crippen LogP contribution >= 0.6 is 11.6 Å². The van der Waals surface area contributed by atoms with Gasteiger partial charge in [0.15, 0.2) is 11.0 Å². The van der Waals surface area contributed by atoms with Gasteiger partial charge in [-0.05, 0) is 36.6 Å². The maximum atomic E-state index is 11.9. The molecule has 1 aromatic rings. The summed E-state index contributed by atoms with van der Waals surface area (Å²) in [5, 5.41) is 3.28. The highest BCUT2D eigenvalue weighted by molar-refractivity contribution is 6.29. The van der Waals surface area contributed by atoms with Crippen LogP contribution in [0, 0.1) is 0 Å². The van der Waals surface area contributed by atoms with Crippen molar-refractivity contribution < 1.29 is 9.21 Å². The molecule has 1 amide bonds. The third-order valence-corrected chi connectivity index (χ3v) is 3.44. The van der Waals surface area contributed by atoms with Crippen molar-refractivity contribution in [2.45, 2.75) is 51.0 Å². The fraction of sp³-hybridized carbons (Fsp3) is 0.615. The van der Waals surface area contributed by atoms with E-state index in [0.29, 0.717) is 5.76 Å². The molecule has 1 heterocycles. The van der Waals surface area contributed by atoms with Gasteiger partial charge in [-0.2, -0.15) is 0 Å². The van der Waals surface area contributed by atoms with Crippen LogP contribution in [0.1, 0.15) is 55.5 Å². The highest BCUT2D eigenvalue weighted by Gasteiger charge is 2.17. The van der Waals surface area contributed by atoms with Crippen molar-refractivity contribution in [2.75, 3.05) is 0 Å². The summed E-state index contributed by atoms with van der Waals surface area (Å²) in [6.07, 6.45) is 8.42. The molecule has 0 atom stereocenters. The molecule has 0 aromatic carbocycles. The van der Waals surface area contributed by atoms with Gasteiger partial charge in [0.2, 0.25) is 0 Å².